The van der Waals surface area contributed by atoms with Crippen molar-refractivity contribution < 1.29 is 9.18 Å². The Morgan fingerprint density at radius 2 is 1.91 bits per heavy atom. The fraction of sp³-hybridized carbons (Fsp3) is 0.0870. The largest absolute Gasteiger partial charge is 0.378 e. The molecule has 0 spiro atoms. The molecule has 5 nitrogen and oxygen atoms in total. The van der Waals surface area contributed by atoms with Crippen LogP contribution >= 0.6 is 56.3 Å². The maximum atomic E-state index is 13.3. The van der Waals surface area contributed by atoms with Crippen LogP contribution in [0.1, 0.15) is 27.0 Å². The average molecular weight is 613 g/mol. The molecule has 0 atom stereocenters. The fourth-order valence-corrected chi connectivity index (χ4v) is 4.04. The number of aliphatic imine (C=N–C) groups is 1. The van der Waals surface area contributed by atoms with Gasteiger partial charge in [0.25, 0.3) is 5.91 Å². The molecule has 0 aliphatic heterocycles. The molecule has 3 aromatic rings. The van der Waals surface area contributed by atoms with Gasteiger partial charge in [-0.3, -0.25) is 4.79 Å². The Bertz CT molecular complexity index is 1220. The third-order valence-electron chi connectivity index (χ3n) is 4.37. The van der Waals surface area contributed by atoms with Crippen LogP contribution in [0.25, 0.3) is 0 Å². The SMILES string of the molecule is Br.N#Cc1ccc(CNC(=O)c2ccc(Br)cc2CSC(N)=Nc2ccc(F)c(Cl)c2)cc1. The summed E-state index contributed by atoms with van der Waals surface area (Å²) in [6.45, 7) is 0.335. The molecule has 3 rings (SSSR count). The molecule has 3 aromatic carbocycles. The van der Waals surface area contributed by atoms with Gasteiger partial charge in [0.05, 0.1) is 22.3 Å². The summed E-state index contributed by atoms with van der Waals surface area (Å²) in [7, 11) is 0. The number of nitrogens with one attached hydrogen (secondary N) is 1. The summed E-state index contributed by atoms with van der Waals surface area (Å²) >= 11 is 10.5. The highest BCUT2D eigenvalue weighted by Gasteiger charge is 2.13. The summed E-state index contributed by atoms with van der Waals surface area (Å²) < 4.78 is 14.1. The van der Waals surface area contributed by atoms with Gasteiger partial charge in [-0.05, 0) is 59.7 Å². The van der Waals surface area contributed by atoms with Gasteiger partial charge in [0.2, 0.25) is 0 Å². The van der Waals surface area contributed by atoms with Crippen molar-refractivity contribution in [3.05, 3.63) is 98.2 Å². The molecule has 33 heavy (non-hydrogen) atoms. The van der Waals surface area contributed by atoms with Crippen molar-refractivity contribution in [1.82, 2.24) is 5.32 Å². The Morgan fingerprint density at radius 3 is 2.58 bits per heavy atom. The third-order valence-corrected chi connectivity index (χ3v) is 5.99. The number of hydrogen-bond donors (Lipinski definition) is 2. The zero-order valence-corrected chi connectivity index (χ0v) is 21.9. The van der Waals surface area contributed by atoms with Crippen molar-refractivity contribution in [3.8, 4) is 6.07 Å². The van der Waals surface area contributed by atoms with Crippen LogP contribution in [-0.4, -0.2) is 11.1 Å². The fourth-order valence-electron chi connectivity index (χ4n) is 2.74. The summed E-state index contributed by atoms with van der Waals surface area (Å²) in [5, 5.41) is 12.0. The van der Waals surface area contributed by atoms with Crippen LogP contribution in [0, 0.1) is 17.1 Å². The topological polar surface area (TPSA) is 91.3 Å². The number of nitrogens with two attached hydrogens (primary N) is 1. The number of nitriles is 1. The lowest BCUT2D eigenvalue weighted by molar-refractivity contribution is 0.0950. The Hall–Kier alpha value is -2.38. The second kappa shape index (κ2) is 12.8. The highest BCUT2D eigenvalue weighted by molar-refractivity contribution is 9.10. The highest BCUT2D eigenvalue weighted by atomic mass is 79.9. The molecule has 0 aromatic heterocycles. The highest BCUT2D eigenvalue weighted by Crippen LogP contribution is 2.25. The van der Waals surface area contributed by atoms with E-state index in [0.717, 1.165) is 15.6 Å². The van der Waals surface area contributed by atoms with Crippen molar-refractivity contribution >= 4 is 73.0 Å². The van der Waals surface area contributed by atoms with E-state index in [-0.39, 0.29) is 33.1 Å². The van der Waals surface area contributed by atoms with Gasteiger partial charge in [-0.2, -0.15) is 5.26 Å². The van der Waals surface area contributed by atoms with Gasteiger partial charge in [-0.1, -0.05) is 51.4 Å². The minimum atomic E-state index is -0.525. The minimum absolute atomic E-state index is 0. The molecule has 0 aliphatic carbocycles. The first-order chi connectivity index (χ1) is 15.4. The molecule has 170 valence electrons. The summed E-state index contributed by atoms with van der Waals surface area (Å²) in [5.41, 5.74) is 9.19. The van der Waals surface area contributed by atoms with Crippen molar-refractivity contribution in [3.63, 3.8) is 0 Å². The first kappa shape index (κ1) is 26.9. The zero-order chi connectivity index (χ0) is 23.1. The number of thioether (sulfide) groups is 1. The molecule has 0 radical (unpaired) electrons. The predicted octanol–water partition coefficient (Wildman–Crippen LogP) is 6.50. The zero-order valence-electron chi connectivity index (χ0n) is 17.0. The van der Waals surface area contributed by atoms with Crippen LogP contribution in [0.15, 0.2) is 70.1 Å². The van der Waals surface area contributed by atoms with Crippen molar-refractivity contribution in [1.29, 1.82) is 5.26 Å². The van der Waals surface area contributed by atoms with E-state index in [4.69, 9.17) is 22.6 Å². The number of carbonyl (C=O) groups is 1. The summed E-state index contributed by atoms with van der Waals surface area (Å²) in [6, 6.07) is 18.6. The molecule has 1 amide bonds. The van der Waals surface area contributed by atoms with Crippen molar-refractivity contribution in [2.75, 3.05) is 0 Å². The molecule has 0 bridgehead atoms. The summed E-state index contributed by atoms with van der Waals surface area (Å²) in [4.78, 5) is 17.0. The van der Waals surface area contributed by atoms with E-state index in [1.807, 2.05) is 6.07 Å². The first-order valence-corrected chi connectivity index (χ1v) is 11.5. The van der Waals surface area contributed by atoms with Crippen molar-refractivity contribution in [2.45, 2.75) is 12.3 Å². The second-order valence-electron chi connectivity index (χ2n) is 6.63. The van der Waals surface area contributed by atoms with E-state index in [9.17, 15) is 9.18 Å². The van der Waals surface area contributed by atoms with E-state index in [1.165, 1.54) is 30.0 Å². The normalized spacial score (nSPS) is 10.8. The van der Waals surface area contributed by atoms with Gasteiger partial charge in [-0.15, -0.1) is 17.0 Å². The molecule has 0 heterocycles. The van der Waals surface area contributed by atoms with Gasteiger partial charge < -0.3 is 11.1 Å². The van der Waals surface area contributed by atoms with Crippen LogP contribution in [-0.2, 0) is 12.3 Å². The molecular weight excluding hydrogens is 595 g/mol. The molecule has 0 unspecified atom stereocenters. The van der Waals surface area contributed by atoms with Crippen LogP contribution < -0.4 is 11.1 Å². The molecule has 0 saturated heterocycles. The van der Waals surface area contributed by atoms with E-state index in [2.05, 4.69) is 32.3 Å². The van der Waals surface area contributed by atoms with Crippen molar-refractivity contribution in [2.24, 2.45) is 10.7 Å². The Kier molecular flexibility index (Phi) is 10.4. The van der Waals surface area contributed by atoms with Crippen LogP contribution in [0.5, 0.6) is 0 Å². The van der Waals surface area contributed by atoms with Gasteiger partial charge in [-0.25, -0.2) is 9.38 Å². The van der Waals surface area contributed by atoms with Gasteiger partial charge >= 0.3 is 0 Å². The number of nitrogens with zero attached hydrogens (tertiary/aromatic N) is 2. The smallest absolute Gasteiger partial charge is 0.251 e. The molecule has 10 heteroatoms. The van der Waals surface area contributed by atoms with Gasteiger partial charge in [0, 0.05) is 22.3 Å². The average Bonchev–Trinajstić information content (AvgIpc) is 2.79. The Labute approximate surface area is 219 Å². The minimum Gasteiger partial charge on any atom is -0.378 e. The second-order valence-corrected chi connectivity index (χ2v) is 8.95. The van der Waals surface area contributed by atoms with Gasteiger partial charge in [0.1, 0.15) is 5.82 Å². The van der Waals surface area contributed by atoms with Crippen LogP contribution in [0.4, 0.5) is 10.1 Å². The number of carbonyl (C=O) groups excluding carboxylic acids is 1. The lowest BCUT2D eigenvalue weighted by Crippen LogP contribution is -2.24. The molecule has 3 N–H and O–H groups in total. The third kappa shape index (κ3) is 7.86. The number of amidine groups is 1. The molecular formula is C23H18Br2ClFN4OS. The monoisotopic (exact) mass is 610 g/mol. The number of amides is 1. The summed E-state index contributed by atoms with van der Waals surface area (Å²) in [5.74, 6) is -0.343. The van der Waals surface area contributed by atoms with E-state index >= 15 is 0 Å². The molecule has 0 fully saturated rings. The maximum Gasteiger partial charge on any atom is 0.251 e. The summed E-state index contributed by atoms with van der Waals surface area (Å²) in [6.07, 6.45) is 0. The Morgan fingerprint density at radius 1 is 1.18 bits per heavy atom. The van der Waals surface area contributed by atoms with E-state index in [0.29, 0.717) is 29.1 Å². The number of benzene rings is 3. The first-order valence-electron chi connectivity index (χ1n) is 9.33. The Balaban J connectivity index is 0.00000385. The van der Waals surface area contributed by atoms with Gasteiger partial charge in [0.15, 0.2) is 5.17 Å². The lowest BCUT2D eigenvalue weighted by Gasteiger charge is -2.11. The van der Waals surface area contributed by atoms with E-state index in [1.54, 1.807) is 36.4 Å². The quantitative estimate of drug-likeness (QED) is 0.246. The molecule has 0 aliphatic rings. The number of halogens is 4. The number of hydrogen-bond acceptors (Lipinski definition) is 4. The lowest BCUT2D eigenvalue weighted by atomic mass is 10.1. The molecule has 0 saturated carbocycles. The van der Waals surface area contributed by atoms with Crippen LogP contribution in [0.2, 0.25) is 5.02 Å². The maximum absolute atomic E-state index is 13.3. The van der Waals surface area contributed by atoms with Crippen LogP contribution in [0.3, 0.4) is 0 Å². The van der Waals surface area contributed by atoms with E-state index < -0.39 is 5.82 Å². The predicted molar refractivity (Wildman–Crippen MR) is 141 cm³/mol. The number of rotatable bonds is 6. The standard InChI is InChI=1S/C23H17BrClFN4OS.BrH/c24-17-5-7-19(22(31)29-12-15-3-1-14(11-27)2-4-15)16(9-17)13-32-23(28)30-18-6-8-21(26)20(25)10-18;/h1-10H,12-13H2,(H2,28,30)(H,29,31);1H.